The van der Waals surface area contributed by atoms with Gasteiger partial charge in [-0.25, -0.2) is 4.79 Å². The van der Waals surface area contributed by atoms with E-state index < -0.39 is 17.4 Å². The van der Waals surface area contributed by atoms with Crippen molar-refractivity contribution in [1.29, 1.82) is 0 Å². The summed E-state index contributed by atoms with van der Waals surface area (Å²) in [5.41, 5.74) is -1.09. The highest BCUT2D eigenvalue weighted by Gasteiger charge is 2.33. The number of rotatable bonds is 3. The van der Waals surface area contributed by atoms with Gasteiger partial charge in [-0.2, -0.15) is 13.2 Å². The Kier molecular flexibility index (Phi) is 3.52. The van der Waals surface area contributed by atoms with Gasteiger partial charge in [0.1, 0.15) is 0 Å². The molecule has 0 amide bonds. The van der Waals surface area contributed by atoms with E-state index in [1.54, 1.807) is 6.07 Å². The van der Waals surface area contributed by atoms with Crippen molar-refractivity contribution in [3.8, 4) is 0 Å². The first-order valence-electron chi connectivity index (χ1n) is 6.98. The van der Waals surface area contributed by atoms with E-state index >= 15 is 0 Å². The molecular weight excluding hydrogens is 283 g/mol. The smallest absolute Gasteiger partial charge is 0.305 e. The number of nitrogens with zero attached hydrogens (tertiary/aromatic N) is 2. The lowest BCUT2D eigenvalue weighted by Crippen LogP contribution is -2.28. The fourth-order valence-electron chi connectivity index (χ4n) is 2.89. The number of alkyl halides is 3. The van der Waals surface area contributed by atoms with Crippen molar-refractivity contribution in [3.63, 3.8) is 0 Å². The monoisotopic (exact) mass is 299 g/mol. The summed E-state index contributed by atoms with van der Waals surface area (Å²) in [6, 6.07) is 3.88. The number of hydrogen-bond acceptors (Lipinski definition) is 2. The zero-order chi connectivity index (χ0) is 15.0. The maximum absolute atomic E-state index is 13.0. The Hall–Kier alpha value is -1.76. The first-order valence-corrected chi connectivity index (χ1v) is 6.98. The Balaban J connectivity index is 1.95. The van der Waals surface area contributed by atoms with Crippen LogP contribution in [0.25, 0.3) is 11.0 Å². The highest BCUT2D eigenvalue weighted by Crippen LogP contribution is 2.33. The molecule has 0 bridgehead atoms. The number of nitrogens with one attached hydrogen (secondary N) is 1. The molecule has 0 unspecified atom stereocenters. The molecule has 1 N–H and O–H groups in total. The van der Waals surface area contributed by atoms with Crippen molar-refractivity contribution in [3.05, 3.63) is 34.2 Å². The van der Waals surface area contributed by atoms with Crippen LogP contribution in [-0.2, 0) is 12.7 Å². The van der Waals surface area contributed by atoms with Crippen molar-refractivity contribution in [2.75, 3.05) is 19.6 Å². The number of benzene rings is 1. The number of likely N-dealkylation sites (tertiary alicyclic amines) is 1. The molecule has 3 rings (SSSR count). The van der Waals surface area contributed by atoms with E-state index in [0.29, 0.717) is 18.6 Å². The van der Waals surface area contributed by atoms with Gasteiger partial charge in [0.25, 0.3) is 0 Å². The number of hydrogen-bond donors (Lipinski definition) is 1. The Bertz CT molecular complexity index is 696. The number of para-hydroxylation sites is 1. The molecule has 0 atom stereocenters. The van der Waals surface area contributed by atoms with Crippen LogP contribution in [0.1, 0.15) is 18.4 Å². The Morgan fingerprint density at radius 3 is 2.52 bits per heavy atom. The van der Waals surface area contributed by atoms with Crippen LogP contribution in [0.2, 0.25) is 0 Å². The van der Waals surface area contributed by atoms with Gasteiger partial charge in [0.2, 0.25) is 0 Å². The molecule has 1 aliphatic heterocycles. The van der Waals surface area contributed by atoms with E-state index in [1.165, 1.54) is 10.6 Å². The largest absolute Gasteiger partial charge is 0.418 e. The third-order valence-corrected chi connectivity index (χ3v) is 3.95. The molecule has 1 saturated heterocycles. The van der Waals surface area contributed by atoms with Crippen LogP contribution in [0.3, 0.4) is 0 Å². The molecule has 0 aliphatic carbocycles. The lowest BCUT2D eigenvalue weighted by Gasteiger charge is -2.14. The molecule has 21 heavy (non-hydrogen) atoms. The van der Waals surface area contributed by atoms with Gasteiger partial charge in [-0.05, 0) is 38.1 Å². The average molecular weight is 299 g/mol. The average Bonchev–Trinajstić information content (AvgIpc) is 3.01. The van der Waals surface area contributed by atoms with Gasteiger partial charge < -0.3 is 9.88 Å². The van der Waals surface area contributed by atoms with Gasteiger partial charge in [0, 0.05) is 13.1 Å². The zero-order valence-electron chi connectivity index (χ0n) is 11.4. The number of imidazole rings is 1. The van der Waals surface area contributed by atoms with Crippen LogP contribution in [0.4, 0.5) is 13.2 Å². The SMILES string of the molecule is O=c1[nH]c2c(C(F)(F)F)cccc2n1CCN1CCCC1. The summed E-state index contributed by atoms with van der Waals surface area (Å²) in [7, 11) is 0. The molecule has 1 aromatic carbocycles. The number of fused-ring (bicyclic) bond motifs is 1. The first-order chi connectivity index (χ1) is 9.97. The molecule has 2 aromatic rings. The summed E-state index contributed by atoms with van der Waals surface area (Å²) in [5.74, 6) is 0. The second kappa shape index (κ2) is 5.22. The molecule has 0 spiro atoms. The molecule has 0 radical (unpaired) electrons. The second-order valence-electron chi connectivity index (χ2n) is 5.33. The third-order valence-electron chi connectivity index (χ3n) is 3.95. The maximum Gasteiger partial charge on any atom is 0.418 e. The van der Waals surface area contributed by atoms with E-state index in [1.807, 2.05) is 0 Å². The van der Waals surface area contributed by atoms with Crippen molar-refractivity contribution in [1.82, 2.24) is 14.5 Å². The fourth-order valence-corrected chi connectivity index (χ4v) is 2.89. The number of halogens is 3. The number of aromatic nitrogens is 2. The molecule has 2 heterocycles. The van der Waals surface area contributed by atoms with E-state index in [-0.39, 0.29) is 5.52 Å². The van der Waals surface area contributed by atoms with Crippen LogP contribution >= 0.6 is 0 Å². The van der Waals surface area contributed by atoms with Crippen molar-refractivity contribution in [2.45, 2.75) is 25.6 Å². The lowest BCUT2D eigenvalue weighted by atomic mass is 10.2. The first kappa shape index (κ1) is 14.2. The molecule has 0 saturated carbocycles. The van der Waals surface area contributed by atoms with Gasteiger partial charge in [-0.3, -0.25) is 4.57 Å². The standard InChI is InChI=1S/C14H16F3N3O/c15-14(16,17)10-4-3-5-11-12(10)18-13(21)20(11)9-8-19-6-1-2-7-19/h3-5H,1-2,6-9H2,(H,18,21). The van der Waals surface area contributed by atoms with E-state index in [9.17, 15) is 18.0 Å². The highest BCUT2D eigenvalue weighted by atomic mass is 19.4. The quantitative estimate of drug-likeness (QED) is 0.946. The molecule has 1 fully saturated rings. The van der Waals surface area contributed by atoms with Crippen LogP contribution in [0.5, 0.6) is 0 Å². The van der Waals surface area contributed by atoms with Crippen LogP contribution in [0, 0.1) is 0 Å². The Labute approximate surface area is 119 Å². The summed E-state index contributed by atoms with van der Waals surface area (Å²) in [6.07, 6.45) is -2.19. The Morgan fingerprint density at radius 1 is 1.14 bits per heavy atom. The third kappa shape index (κ3) is 2.70. The van der Waals surface area contributed by atoms with Gasteiger partial charge in [0.15, 0.2) is 0 Å². The number of H-pyrrole nitrogens is 1. The normalized spacial score (nSPS) is 16.9. The molecule has 1 aromatic heterocycles. The van der Waals surface area contributed by atoms with E-state index in [2.05, 4.69) is 9.88 Å². The van der Waals surface area contributed by atoms with Crippen molar-refractivity contribution in [2.24, 2.45) is 0 Å². The summed E-state index contributed by atoms with van der Waals surface area (Å²) in [5, 5.41) is 0. The maximum atomic E-state index is 13.0. The predicted molar refractivity (Wildman–Crippen MR) is 73.2 cm³/mol. The molecular formula is C14H16F3N3O. The minimum absolute atomic E-state index is 0.128. The van der Waals surface area contributed by atoms with E-state index in [4.69, 9.17) is 0 Å². The minimum Gasteiger partial charge on any atom is -0.305 e. The summed E-state index contributed by atoms with van der Waals surface area (Å²) >= 11 is 0. The fraction of sp³-hybridized carbons (Fsp3) is 0.500. The minimum atomic E-state index is -4.47. The second-order valence-corrected chi connectivity index (χ2v) is 5.33. The topological polar surface area (TPSA) is 41.0 Å². The van der Waals surface area contributed by atoms with Crippen molar-refractivity contribution < 1.29 is 13.2 Å². The number of aromatic amines is 1. The highest BCUT2D eigenvalue weighted by molar-refractivity contribution is 5.79. The zero-order valence-corrected chi connectivity index (χ0v) is 11.4. The van der Waals surface area contributed by atoms with Gasteiger partial charge in [-0.1, -0.05) is 6.07 Å². The summed E-state index contributed by atoms with van der Waals surface area (Å²) in [4.78, 5) is 16.5. The lowest BCUT2D eigenvalue weighted by molar-refractivity contribution is -0.136. The molecule has 7 heteroatoms. The van der Waals surface area contributed by atoms with E-state index in [0.717, 1.165) is 32.0 Å². The predicted octanol–water partition coefficient (Wildman–Crippen LogP) is 2.44. The van der Waals surface area contributed by atoms with Gasteiger partial charge in [0.05, 0.1) is 16.6 Å². The van der Waals surface area contributed by atoms with Gasteiger partial charge >= 0.3 is 11.9 Å². The van der Waals surface area contributed by atoms with Crippen LogP contribution < -0.4 is 5.69 Å². The summed E-state index contributed by atoms with van der Waals surface area (Å²) in [6.45, 7) is 3.07. The van der Waals surface area contributed by atoms with Crippen LogP contribution in [-0.4, -0.2) is 34.1 Å². The van der Waals surface area contributed by atoms with Gasteiger partial charge in [-0.15, -0.1) is 0 Å². The van der Waals surface area contributed by atoms with Crippen LogP contribution in [0.15, 0.2) is 23.0 Å². The summed E-state index contributed by atoms with van der Waals surface area (Å²) < 4.78 is 40.2. The molecule has 4 nitrogen and oxygen atoms in total. The molecule has 1 aliphatic rings. The van der Waals surface area contributed by atoms with Crippen molar-refractivity contribution >= 4 is 11.0 Å². The molecule has 114 valence electrons. The Morgan fingerprint density at radius 2 is 1.86 bits per heavy atom.